The Morgan fingerprint density at radius 1 is 1.19 bits per heavy atom. The van der Waals surface area contributed by atoms with Gasteiger partial charge in [0.25, 0.3) is 0 Å². The van der Waals surface area contributed by atoms with Crippen molar-refractivity contribution in [1.82, 2.24) is 9.62 Å². The number of fused-ring (bicyclic) bond motifs is 1. The molecule has 4 unspecified atom stereocenters. The first kappa shape index (κ1) is 28.7. The summed E-state index contributed by atoms with van der Waals surface area (Å²) in [5.74, 6) is 0.169. The molecule has 222 valence electrons. The number of hydrogen-bond acceptors (Lipinski definition) is 6. The minimum atomic E-state index is -1.48. The van der Waals surface area contributed by atoms with Gasteiger partial charge in [-0.15, -0.1) is 0 Å². The molecule has 2 aromatic carbocycles. The summed E-state index contributed by atoms with van der Waals surface area (Å²) in [6.45, 7) is 6.49. The minimum absolute atomic E-state index is 0.0403. The average molecular weight is 591 g/mol. The van der Waals surface area contributed by atoms with E-state index in [4.69, 9.17) is 9.15 Å². The van der Waals surface area contributed by atoms with Crippen LogP contribution in [0.25, 0.3) is 6.08 Å². The number of aryl methyl sites for hydroxylation is 3. The van der Waals surface area contributed by atoms with E-state index in [9.17, 15) is 19.2 Å². The van der Waals surface area contributed by atoms with Crippen molar-refractivity contribution in [3.8, 4) is 11.5 Å². The van der Waals surface area contributed by atoms with Gasteiger partial charge in [0.2, 0.25) is 5.91 Å². The van der Waals surface area contributed by atoms with Crippen LogP contribution in [0.3, 0.4) is 0 Å². The number of aliphatic hydroxyl groups is 1. The molecule has 1 saturated heterocycles. The summed E-state index contributed by atoms with van der Waals surface area (Å²) in [6.07, 6.45) is 8.62. The van der Waals surface area contributed by atoms with E-state index in [0.717, 1.165) is 32.7 Å². The Morgan fingerprint density at radius 3 is 2.64 bits per heavy atom. The summed E-state index contributed by atoms with van der Waals surface area (Å²) >= 11 is 0. The predicted molar refractivity (Wildman–Crippen MR) is 161 cm³/mol. The molecule has 1 saturated carbocycles. The fraction of sp³-hybridized carbons (Fsp3) is 0.424. The molecule has 2 aliphatic carbocycles. The zero-order valence-electron chi connectivity index (χ0n) is 24.5. The standard InChI is InChI=1S/C33H38N2O6S/c1-20-15-21(2)31(22(3)16-20)42(39)35-13-12-32-18-25(34-28(36)8-5-23-10-14-41-19-23)9-11-33(32,38)27(35)17-24-6-7-26(40-4)30(37)29(24)32/h5-8,10,14-16,19,25,27,37-38H,9,11-13,17-18H2,1-4H3,(H,34,36)/b8-5+/t25?,27?,32-,33?,42?/m0/s1. The number of rotatable bonds is 6. The van der Waals surface area contributed by atoms with E-state index in [1.54, 1.807) is 30.7 Å². The van der Waals surface area contributed by atoms with Crippen LogP contribution in [0.15, 0.2) is 58.2 Å². The van der Waals surface area contributed by atoms with Crippen molar-refractivity contribution < 1.29 is 28.4 Å². The highest BCUT2D eigenvalue weighted by Crippen LogP contribution is 2.61. The van der Waals surface area contributed by atoms with Crippen LogP contribution in [0.1, 0.15) is 59.1 Å². The molecule has 6 rings (SSSR count). The smallest absolute Gasteiger partial charge is 0.244 e. The number of furan rings is 1. The number of piperidine rings is 1. The Labute approximate surface area is 249 Å². The van der Waals surface area contributed by atoms with E-state index in [2.05, 4.69) is 17.4 Å². The lowest BCUT2D eigenvalue weighted by molar-refractivity contribution is -0.153. The monoisotopic (exact) mass is 590 g/mol. The van der Waals surface area contributed by atoms with E-state index in [0.29, 0.717) is 50.0 Å². The second-order valence-electron chi connectivity index (χ2n) is 12.1. The van der Waals surface area contributed by atoms with Crippen LogP contribution < -0.4 is 10.1 Å². The van der Waals surface area contributed by atoms with Crippen LogP contribution in [0.5, 0.6) is 11.5 Å². The molecule has 2 bridgehead atoms. The van der Waals surface area contributed by atoms with Crippen LogP contribution in [0, 0.1) is 20.8 Å². The molecular formula is C33H38N2O6S. The highest BCUT2D eigenvalue weighted by atomic mass is 32.2. The van der Waals surface area contributed by atoms with Crippen LogP contribution in [0.2, 0.25) is 0 Å². The number of nitrogens with zero attached hydrogens (tertiary/aromatic N) is 1. The summed E-state index contributed by atoms with van der Waals surface area (Å²) < 4.78 is 26.9. The fourth-order valence-electron chi connectivity index (χ4n) is 7.91. The van der Waals surface area contributed by atoms with E-state index < -0.39 is 28.0 Å². The quantitative estimate of drug-likeness (QED) is 0.361. The van der Waals surface area contributed by atoms with Gasteiger partial charge < -0.3 is 24.7 Å². The largest absolute Gasteiger partial charge is 0.504 e. The number of phenols is 1. The number of carbonyl (C=O) groups excluding carboxylic acids is 1. The number of benzene rings is 2. The fourth-order valence-corrected chi connectivity index (χ4v) is 9.55. The van der Waals surface area contributed by atoms with Gasteiger partial charge in [0, 0.05) is 35.2 Å². The first-order chi connectivity index (χ1) is 20.1. The van der Waals surface area contributed by atoms with Crippen molar-refractivity contribution >= 4 is 23.0 Å². The average Bonchev–Trinajstić information content (AvgIpc) is 3.45. The molecule has 3 N–H and O–H groups in total. The van der Waals surface area contributed by atoms with Crippen LogP contribution in [-0.2, 0) is 27.6 Å². The summed E-state index contributed by atoms with van der Waals surface area (Å²) in [5, 5.41) is 27.4. The number of aromatic hydroxyl groups is 1. The maximum absolute atomic E-state index is 14.3. The maximum Gasteiger partial charge on any atom is 0.244 e. The van der Waals surface area contributed by atoms with Crippen molar-refractivity contribution in [3.63, 3.8) is 0 Å². The molecule has 0 radical (unpaired) electrons. The van der Waals surface area contributed by atoms with Gasteiger partial charge in [-0.2, -0.15) is 0 Å². The molecular weight excluding hydrogens is 552 g/mol. The number of amides is 1. The Kier molecular flexibility index (Phi) is 7.32. The lowest BCUT2D eigenvalue weighted by Crippen LogP contribution is -2.74. The second-order valence-corrected chi connectivity index (χ2v) is 13.5. The summed E-state index contributed by atoms with van der Waals surface area (Å²) in [7, 11) is 0.0385. The molecule has 0 spiro atoms. The topological polar surface area (TPSA) is 112 Å². The number of ether oxygens (including phenoxy) is 1. The summed E-state index contributed by atoms with van der Waals surface area (Å²) in [4.78, 5) is 13.7. The molecule has 3 aromatic rings. The van der Waals surface area contributed by atoms with Gasteiger partial charge in [-0.1, -0.05) is 23.8 Å². The first-order valence-corrected chi connectivity index (χ1v) is 15.6. The third kappa shape index (κ3) is 4.49. The summed E-state index contributed by atoms with van der Waals surface area (Å²) in [6, 6.07) is 8.94. The Morgan fingerprint density at radius 2 is 1.95 bits per heavy atom. The normalized spacial score (nSPS) is 27.7. The zero-order valence-corrected chi connectivity index (χ0v) is 25.3. The van der Waals surface area contributed by atoms with Gasteiger partial charge in [0.15, 0.2) is 11.5 Å². The number of hydrogen-bond donors (Lipinski definition) is 3. The van der Waals surface area contributed by atoms with Crippen LogP contribution in [0.4, 0.5) is 0 Å². The van der Waals surface area contributed by atoms with Crippen LogP contribution >= 0.6 is 0 Å². The molecule has 1 aliphatic heterocycles. The number of methoxy groups -OCH3 is 1. The Bertz CT molecular complexity index is 1560. The van der Waals surface area contributed by atoms with Crippen molar-refractivity contribution in [2.75, 3.05) is 13.7 Å². The lowest BCUT2D eigenvalue weighted by atomic mass is 9.49. The van der Waals surface area contributed by atoms with Gasteiger partial charge >= 0.3 is 0 Å². The minimum Gasteiger partial charge on any atom is -0.504 e. The molecule has 3 aliphatic rings. The maximum atomic E-state index is 14.3. The van der Waals surface area contributed by atoms with Crippen molar-refractivity contribution in [2.45, 2.75) is 80.9 Å². The van der Waals surface area contributed by atoms with Crippen molar-refractivity contribution in [1.29, 1.82) is 0 Å². The van der Waals surface area contributed by atoms with Crippen molar-refractivity contribution in [2.24, 2.45) is 0 Å². The Hall–Kier alpha value is -3.40. The molecule has 1 amide bonds. The molecule has 9 heteroatoms. The Balaban J connectivity index is 1.38. The molecule has 42 heavy (non-hydrogen) atoms. The predicted octanol–water partition coefficient (Wildman–Crippen LogP) is 4.62. The number of nitrogens with one attached hydrogen (secondary N) is 1. The lowest BCUT2D eigenvalue weighted by Gasteiger charge is -2.64. The van der Waals surface area contributed by atoms with E-state index in [1.165, 1.54) is 13.2 Å². The number of phenolic OH excluding ortho intramolecular Hbond substituents is 1. The highest BCUT2D eigenvalue weighted by molar-refractivity contribution is 7.82. The van der Waals surface area contributed by atoms with Gasteiger partial charge in [0.05, 0.1) is 36.2 Å². The van der Waals surface area contributed by atoms with Gasteiger partial charge in [0.1, 0.15) is 11.0 Å². The molecule has 2 fully saturated rings. The highest BCUT2D eigenvalue weighted by Gasteiger charge is 2.66. The third-order valence-corrected chi connectivity index (χ3v) is 11.5. The molecule has 1 aromatic heterocycles. The molecule has 2 heterocycles. The van der Waals surface area contributed by atoms with E-state index >= 15 is 0 Å². The third-order valence-electron chi connectivity index (χ3n) is 9.60. The van der Waals surface area contributed by atoms with Gasteiger partial charge in [-0.3, -0.25) is 4.79 Å². The summed E-state index contributed by atoms with van der Waals surface area (Å²) in [5.41, 5.74) is 3.35. The number of carbonyl (C=O) groups is 1. The van der Waals surface area contributed by atoms with E-state index in [1.807, 2.05) is 31.1 Å². The van der Waals surface area contributed by atoms with Crippen molar-refractivity contribution in [3.05, 3.63) is 82.3 Å². The second kappa shape index (κ2) is 10.7. The van der Waals surface area contributed by atoms with Crippen LogP contribution in [-0.4, -0.2) is 56.0 Å². The SMILES string of the molecule is COc1ccc2c(c1O)[C@@]13CCN(S(=O)c4c(C)cc(C)cc4C)C(C2)C1(O)CCC(NC(=O)/C=C/c1ccoc1)C3. The molecule has 5 atom stereocenters. The van der Waals surface area contributed by atoms with Gasteiger partial charge in [-0.05, 0) is 87.8 Å². The zero-order chi connectivity index (χ0) is 29.8. The first-order valence-electron chi connectivity index (χ1n) is 14.5. The van der Waals surface area contributed by atoms with Gasteiger partial charge in [-0.25, -0.2) is 8.51 Å². The van der Waals surface area contributed by atoms with E-state index in [-0.39, 0.29) is 17.7 Å². The molecule has 8 nitrogen and oxygen atoms in total.